The maximum Gasteiger partial charge on any atom is 0.141 e. The van der Waals surface area contributed by atoms with Gasteiger partial charge in [0, 0.05) is 18.7 Å². The monoisotopic (exact) mass is 258 g/mol. The minimum atomic E-state index is -0.348. The van der Waals surface area contributed by atoms with E-state index in [0.29, 0.717) is 0 Å². The average molecular weight is 259 g/mol. The van der Waals surface area contributed by atoms with Crippen LogP contribution in [0, 0.1) is 5.82 Å². The van der Waals surface area contributed by atoms with Crippen molar-refractivity contribution in [2.75, 3.05) is 18.0 Å². The second-order valence-corrected chi connectivity index (χ2v) is 4.70. The molecule has 0 radical (unpaired) electrons. The first-order chi connectivity index (χ1) is 8.10. The van der Waals surface area contributed by atoms with Gasteiger partial charge >= 0.3 is 0 Å². The number of halogens is 2. The maximum atomic E-state index is 13.1. The van der Waals surface area contributed by atoms with Crippen LogP contribution in [0.25, 0.3) is 0 Å². The first kappa shape index (κ1) is 12.6. The van der Waals surface area contributed by atoms with Crippen molar-refractivity contribution >= 4 is 17.4 Å². The van der Waals surface area contributed by atoms with Crippen LogP contribution in [0.5, 0.6) is 0 Å². The second-order valence-electron chi connectivity index (χ2n) is 4.43. The van der Waals surface area contributed by atoms with Crippen molar-refractivity contribution in [2.45, 2.75) is 31.9 Å². The Morgan fingerprint density at radius 1 is 1.47 bits per heavy atom. The number of aromatic nitrogens is 1. The lowest BCUT2D eigenvalue weighted by Gasteiger charge is -2.36. The summed E-state index contributed by atoms with van der Waals surface area (Å²) in [6.45, 7) is 5.55. The fourth-order valence-corrected chi connectivity index (χ4v) is 2.40. The molecule has 17 heavy (non-hydrogen) atoms. The molecule has 1 aromatic heterocycles. The highest BCUT2D eigenvalue weighted by molar-refractivity contribution is 6.17. The number of pyridine rings is 1. The average Bonchev–Trinajstić information content (AvgIpc) is 2.27. The van der Waals surface area contributed by atoms with E-state index in [9.17, 15) is 4.39 Å². The van der Waals surface area contributed by atoms with Crippen LogP contribution in [-0.4, -0.2) is 30.3 Å². The molecule has 3 nitrogen and oxygen atoms in total. The molecular formula is C12H16ClFN2O. The molecule has 2 atom stereocenters. The van der Waals surface area contributed by atoms with E-state index in [1.54, 1.807) is 0 Å². The van der Waals surface area contributed by atoms with E-state index >= 15 is 0 Å². The minimum Gasteiger partial charge on any atom is -0.372 e. The zero-order valence-corrected chi connectivity index (χ0v) is 10.7. The minimum absolute atomic E-state index is 0.147. The van der Waals surface area contributed by atoms with Crippen molar-refractivity contribution in [2.24, 2.45) is 0 Å². The van der Waals surface area contributed by atoms with E-state index in [4.69, 9.17) is 16.3 Å². The van der Waals surface area contributed by atoms with Crippen LogP contribution in [0.4, 0.5) is 10.2 Å². The normalized spacial score (nSPS) is 25.1. The van der Waals surface area contributed by atoms with E-state index in [0.717, 1.165) is 24.5 Å². The lowest BCUT2D eigenvalue weighted by molar-refractivity contribution is -0.00549. The summed E-state index contributed by atoms with van der Waals surface area (Å²) >= 11 is 5.83. The van der Waals surface area contributed by atoms with Crippen molar-refractivity contribution < 1.29 is 9.13 Å². The van der Waals surface area contributed by atoms with Crippen LogP contribution in [0.15, 0.2) is 12.3 Å². The van der Waals surface area contributed by atoms with Crippen LogP contribution >= 0.6 is 11.6 Å². The zero-order chi connectivity index (χ0) is 12.4. The molecule has 2 unspecified atom stereocenters. The van der Waals surface area contributed by atoms with Gasteiger partial charge in [-0.3, -0.25) is 0 Å². The number of nitrogens with zero attached hydrogens (tertiary/aromatic N) is 2. The van der Waals surface area contributed by atoms with Gasteiger partial charge in [0.15, 0.2) is 0 Å². The van der Waals surface area contributed by atoms with Gasteiger partial charge in [0.05, 0.1) is 24.3 Å². The Morgan fingerprint density at radius 2 is 2.12 bits per heavy atom. The summed E-state index contributed by atoms with van der Waals surface area (Å²) in [5, 5.41) is 0. The summed E-state index contributed by atoms with van der Waals surface area (Å²) in [5.74, 6) is 0.683. The first-order valence-electron chi connectivity index (χ1n) is 5.71. The Labute approximate surface area is 106 Å². The van der Waals surface area contributed by atoms with E-state index < -0.39 is 0 Å². The summed E-state index contributed by atoms with van der Waals surface area (Å²) in [6.07, 6.45) is 1.53. The van der Waals surface area contributed by atoms with Crippen molar-refractivity contribution in [1.82, 2.24) is 4.98 Å². The maximum absolute atomic E-state index is 13.1. The van der Waals surface area contributed by atoms with E-state index in [1.165, 1.54) is 12.3 Å². The molecule has 1 fully saturated rings. The molecule has 2 rings (SSSR count). The summed E-state index contributed by atoms with van der Waals surface area (Å²) in [4.78, 5) is 6.26. The zero-order valence-electron chi connectivity index (χ0n) is 9.99. The molecular weight excluding hydrogens is 243 g/mol. The molecule has 1 aliphatic heterocycles. The number of ether oxygens (including phenoxy) is 1. The SMILES string of the molecule is CC1CN(c2ncc(F)cc2CCl)CC(C)O1. The molecule has 1 saturated heterocycles. The highest BCUT2D eigenvalue weighted by atomic mass is 35.5. The number of hydrogen-bond acceptors (Lipinski definition) is 3. The highest BCUT2D eigenvalue weighted by Crippen LogP contribution is 2.24. The summed E-state index contributed by atoms with van der Waals surface area (Å²) in [5.41, 5.74) is 0.730. The smallest absolute Gasteiger partial charge is 0.141 e. The third kappa shape index (κ3) is 2.87. The van der Waals surface area contributed by atoms with Crippen LogP contribution in [-0.2, 0) is 10.6 Å². The molecule has 1 aromatic rings. The Bertz CT molecular complexity index is 392. The Kier molecular flexibility index (Phi) is 3.84. The van der Waals surface area contributed by atoms with Gasteiger partial charge in [-0.2, -0.15) is 0 Å². The molecule has 0 aromatic carbocycles. The summed E-state index contributed by atoms with van der Waals surface area (Å²) in [6, 6.07) is 1.44. The lowest BCUT2D eigenvalue weighted by atomic mass is 10.2. The quantitative estimate of drug-likeness (QED) is 0.763. The largest absolute Gasteiger partial charge is 0.372 e. The molecule has 1 aliphatic rings. The van der Waals surface area contributed by atoms with Crippen LogP contribution in [0.3, 0.4) is 0 Å². The predicted octanol–water partition coefficient (Wildman–Crippen LogP) is 2.57. The van der Waals surface area contributed by atoms with E-state index in [-0.39, 0.29) is 23.9 Å². The Morgan fingerprint density at radius 3 is 2.71 bits per heavy atom. The van der Waals surface area contributed by atoms with Crippen molar-refractivity contribution in [3.8, 4) is 0 Å². The number of rotatable bonds is 2. The van der Waals surface area contributed by atoms with Gasteiger partial charge in [0.1, 0.15) is 11.6 Å². The number of anilines is 1. The molecule has 2 heterocycles. The van der Waals surface area contributed by atoms with Crippen LogP contribution < -0.4 is 4.90 Å². The van der Waals surface area contributed by atoms with Crippen molar-refractivity contribution in [3.05, 3.63) is 23.6 Å². The second kappa shape index (κ2) is 5.19. The first-order valence-corrected chi connectivity index (χ1v) is 6.24. The van der Waals surface area contributed by atoms with E-state index in [1.807, 2.05) is 13.8 Å². The number of morpholine rings is 1. The number of hydrogen-bond donors (Lipinski definition) is 0. The molecule has 94 valence electrons. The third-order valence-electron chi connectivity index (χ3n) is 2.77. The molecule has 0 saturated carbocycles. The lowest BCUT2D eigenvalue weighted by Crippen LogP contribution is -2.46. The standard InChI is InChI=1S/C12H16ClFN2O/c1-8-6-16(7-9(2)17-8)12-10(4-13)3-11(14)5-15-12/h3,5,8-9H,4,6-7H2,1-2H3. The fraction of sp³-hybridized carbons (Fsp3) is 0.583. The van der Waals surface area contributed by atoms with Crippen molar-refractivity contribution in [1.29, 1.82) is 0 Å². The van der Waals surface area contributed by atoms with Gasteiger partial charge in [-0.1, -0.05) is 0 Å². The fourth-order valence-electron chi connectivity index (χ4n) is 2.21. The Hall–Kier alpha value is -0.870. The summed E-state index contributed by atoms with van der Waals surface area (Å²) < 4.78 is 18.7. The van der Waals surface area contributed by atoms with Crippen molar-refractivity contribution in [3.63, 3.8) is 0 Å². The Balaban J connectivity index is 2.26. The van der Waals surface area contributed by atoms with E-state index in [2.05, 4.69) is 9.88 Å². The van der Waals surface area contributed by atoms with Gasteiger partial charge in [0.2, 0.25) is 0 Å². The third-order valence-corrected chi connectivity index (χ3v) is 3.06. The van der Waals surface area contributed by atoms with Gasteiger partial charge in [0.25, 0.3) is 0 Å². The highest BCUT2D eigenvalue weighted by Gasteiger charge is 2.24. The molecule has 0 N–H and O–H groups in total. The molecule has 5 heteroatoms. The predicted molar refractivity (Wildman–Crippen MR) is 66.0 cm³/mol. The van der Waals surface area contributed by atoms with Gasteiger partial charge in [-0.05, 0) is 19.9 Å². The molecule has 0 spiro atoms. The van der Waals surface area contributed by atoms with Crippen LogP contribution in [0.2, 0.25) is 0 Å². The molecule has 0 bridgehead atoms. The molecule has 0 aliphatic carbocycles. The number of alkyl halides is 1. The van der Waals surface area contributed by atoms with Gasteiger partial charge < -0.3 is 9.64 Å². The topological polar surface area (TPSA) is 25.4 Å². The summed E-state index contributed by atoms with van der Waals surface area (Å²) in [7, 11) is 0. The molecule has 0 amide bonds. The van der Waals surface area contributed by atoms with Crippen LogP contribution in [0.1, 0.15) is 19.4 Å². The van der Waals surface area contributed by atoms with Gasteiger partial charge in [-0.15, -0.1) is 11.6 Å². The van der Waals surface area contributed by atoms with Gasteiger partial charge in [-0.25, -0.2) is 9.37 Å².